The molecule has 0 radical (unpaired) electrons. The first-order chi connectivity index (χ1) is 7.92. The van der Waals surface area contributed by atoms with E-state index in [2.05, 4.69) is 0 Å². The van der Waals surface area contributed by atoms with Gasteiger partial charge in [-0.25, -0.2) is 4.39 Å². The van der Waals surface area contributed by atoms with Crippen LogP contribution in [0.25, 0.3) is 0 Å². The molecule has 1 N–H and O–H groups in total. The summed E-state index contributed by atoms with van der Waals surface area (Å²) in [5.41, 5.74) is -1.14. The number of hydrogen-bond donors (Lipinski definition) is 1. The minimum atomic E-state index is -1.37. The van der Waals surface area contributed by atoms with Crippen LogP contribution in [0.5, 0.6) is 0 Å². The molecule has 1 rings (SSSR count). The molecule has 0 aliphatic heterocycles. The average Bonchev–Trinajstić information content (AvgIpc) is 2.32. The zero-order valence-electron chi connectivity index (χ0n) is 9.96. The summed E-state index contributed by atoms with van der Waals surface area (Å²) in [4.78, 5) is 11.9. The molecule has 0 heterocycles. The Hall–Kier alpha value is -0.930. The summed E-state index contributed by atoms with van der Waals surface area (Å²) in [5.74, 6) is -0.846. The molecule has 1 aromatic rings. The lowest BCUT2D eigenvalue weighted by Crippen LogP contribution is -2.38. The summed E-state index contributed by atoms with van der Waals surface area (Å²) in [6, 6.07) is 4.07. The van der Waals surface area contributed by atoms with Gasteiger partial charge >= 0.3 is 0 Å². The second kappa shape index (κ2) is 5.61. The van der Waals surface area contributed by atoms with E-state index in [1.54, 1.807) is 13.8 Å². The molecule has 0 aromatic heterocycles. The van der Waals surface area contributed by atoms with Crippen molar-refractivity contribution in [1.82, 2.24) is 0 Å². The lowest BCUT2D eigenvalue weighted by Gasteiger charge is -2.23. The van der Waals surface area contributed by atoms with Gasteiger partial charge in [0.15, 0.2) is 5.78 Å². The van der Waals surface area contributed by atoms with E-state index in [0.29, 0.717) is 17.9 Å². The first-order valence-corrected chi connectivity index (χ1v) is 6.00. The van der Waals surface area contributed by atoms with Crippen molar-refractivity contribution in [2.24, 2.45) is 0 Å². The highest BCUT2D eigenvalue weighted by atomic mass is 35.5. The lowest BCUT2D eigenvalue weighted by atomic mass is 9.88. The van der Waals surface area contributed by atoms with Crippen molar-refractivity contribution in [2.75, 3.05) is 0 Å². The van der Waals surface area contributed by atoms with E-state index in [4.69, 9.17) is 11.6 Å². The Kier molecular flexibility index (Phi) is 4.66. The van der Waals surface area contributed by atoms with Gasteiger partial charge in [-0.3, -0.25) is 4.79 Å². The van der Waals surface area contributed by atoms with Gasteiger partial charge in [-0.2, -0.15) is 0 Å². The van der Waals surface area contributed by atoms with Crippen LogP contribution in [0.1, 0.15) is 32.3 Å². The van der Waals surface area contributed by atoms with Crippen molar-refractivity contribution < 1.29 is 14.3 Å². The number of carbonyl (C=O) groups is 1. The highest BCUT2D eigenvalue weighted by Gasteiger charge is 2.31. The van der Waals surface area contributed by atoms with Crippen LogP contribution in [0, 0.1) is 5.82 Å². The minimum Gasteiger partial charge on any atom is -0.382 e. The molecule has 2 nitrogen and oxygen atoms in total. The van der Waals surface area contributed by atoms with E-state index in [1.165, 1.54) is 18.2 Å². The minimum absolute atomic E-state index is 0.134. The fourth-order valence-electron chi connectivity index (χ4n) is 1.66. The van der Waals surface area contributed by atoms with Crippen molar-refractivity contribution in [2.45, 2.75) is 38.7 Å². The summed E-state index contributed by atoms with van der Waals surface area (Å²) in [6.45, 7) is 3.46. The van der Waals surface area contributed by atoms with Crippen molar-refractivity contribution in [3.63, 3.8) is 0 Å². The molecule has 0 amide bonds. The van der Waals surface area contributed by atoms with E-state index < -0.39 is 11.4 Å². The highest BCUT2D eigenvalue weighted by Crippen LogP contribution is 2.21. The molecule has 1 aromatic carbocycles. The molecule has 0 bridgehead atoms. The van der Waals surface area contributed by atoms with Gasteiger partial charge in [-0.1, -0.05) is 25.4 Å². The zero-order valence-corrected chi connectivity index (χ0v) is 10.7. The smallest absolute Gasteiger partial charge is 0.168 e. The molecule has 0 saturated carbocycles. The lowest BCUT2D eigenvalue weighted by molar-refractivity contribution is -0.137. The zero-order chi connectivity index (χ0) is 13.1. The van der Waals surface area contributed by atoms with Crippen LogP contribution in [0.3, 0.4) is 0 Å². The highest BCUT2D eigenvalue weighted by molar-refractivity contribution is 6.30. The molecule has 94 valence electrons. The standard InChI is InChI=1S/C13H16ClFO2/c1-3-13(17,4-2)12(16)8-9-7-10(14)5-6-11(9)15/h5-7,17H,3-4,8H2,1-2H3. The Bertz CT molecular complexity index is 414. The molecule has 0 saturated heterocycles. The third-order valence-electron chi connectivity index (χ3n) is 3.05. The quantitative estimate of drug-likeness (QED) is 0.881. The number of Topliss-reactive ketones (excluding diaryl/α,β-unsaturated/α-hetero) is 1. The summed E-state index contributed by atoms with van der Waals surface area (Å²) in [7, 11) is 0. The number of ketones is 1. The predicted molar refractivity (Wildman–Crippen MR) is 65.7 cm³/mol. The van der Waals surface area contributed by atoms with Gasteiger partial charge in [-0.15, -0.1) is 0 Å². The van der Waals surface area contributed by atoms with Crippen LogP contribution in [0.4, 0.5) is 4.39 Å². The van der Waals surface area contributed by atoms with Crippen LogP contribution in [-0.2, 0) is 11.2 Å². The monoisotopic (exact) mass is 258 g/mol. The van der Waals surface area contributed by atoms with E-state index in [0.717, 1.165) is 0 Å². The Morgan fingerprint density at radius 3 is 2.53 bits per heavy atom. The Morgan fingerprint density at radius 1 is 1.41 bits per heavy atom. The molecule has 4 heteroatoms. The van der Waals surface area contributed by atoms with Crippen LogP contribution >= 0.6 is 11.6 Å². The van der Waals surface area contributed by atoms with Gasteiger partial charge in [0.1, 0.15) is 11.4 Å². The fourth-order valence-corrected chi connectivity index (χ4v) is 1.86. The molecule has 0 atom stereocenters. The number of carbonyl (C=O) groups excluding carboxylic acids is 1. The van der Waals surface area contributed by atoms with Gasteiger partial charge in [0, 0.05) is 11.4 Å². The summed E-state index contributed by atoms with van der Waals surface area (Å²) in [6.07, 6.45) is 0.514. The molecule has 0 aliphatic rings. The number of benzene rings is 1. The van der Waals surface area contributed by atoms with E-state index in [9.17, 15) is 14.3 Å². The van der Waals surface area contributed by atoms with Gasteiger partial charge in [-0.05, 0) is 36.6 Å². The van der Waals surface area contributed by atoms with Crippen LogP contribution in [0.15, 0.2) is 18.2 Å². The molecular weight excluding hydrogens is 243 g/mol. The molecule has 0 spiro atoms. The van der Waals surface area contributed by atoms with Crippen molar-refractivity contribution in [3.8, 4) is 0 Å². The van der Waals surface area contributed by atoms with Gasteiger partial charge in [0.05, 0.1) is 0 Å². The van der Waals surface area contributed by atoms with E-state index >= 15 is 0 Å². The van der Waals surface area contributed by atoms with Crippen molar-refractivity contribution in [3.05, 3.63) is 34.6 Å². The SMILES string of the molecule is CCC(O)(CC)C(=O)Cc1cc(Cl)ccc1F. The van der Waals surface area contributed by atoms with Crippen LogP contribution < -0.4 is 0 Å². The summed E-state index contributed by atoms with van der Waals surface area (Å²) < 4.78 is 13.4. The Balaban J connectivity index is 2.91. The third-order valence-corrected chi connectivity index (χ3v) is 3.28. The van der Waals surface area contributed by atoms with Gasteiger partial charge < -0.3 is 5.11 Å². The second-order valence-corrected chi connectivity index (χ2v) is 4.51. The summed E-state index contributed by atoms with van der Waals surface area (Å²) >= 11 is 5.74. The number of rotatable bonds is 5. The number of halogens is 2. The Labute approximate surface area is 105 Å². The van der Waals surface area contributed by atoms with Crippen molar-refractivity contribution >= 4 is 17.4 Å². The first-order valence-electron chi connectivity index (χ1n) is 5.62. The molecular formula is C13H16ClFO2. The van der Waals surface area contributed by atoms with E-state index in [-0.39, 0.29) is 17.8 Å². The molecule has 0 unspecified atom stereocenters. The van der Waals surface area contributed by atoms with E-state index in [1.807, 2.05) is 0 Å². The maximum Gasteiger partial charge on any atom is 0.168 e. The normalized spacial score (nSPS) is 11.6. The maximum absolute atomic E-state index is 13.4. The first kappa shape index (κ1) is 14.1. The topological polar surface area (TPSA) is 37.3 Å². The maximum atomic E-state index is 13.4. The van der Waals surface area contributed by atoms with Crippen molar-refractivity contribution in [1.29, 1.82) is 0 Å². The summed E-state index contributed by atoms with van der Waals surface area (Å²) in [5, 5.41) is 10.4. The molecule has 0 fully saturated rings. The molecule has 0 aliphatic carbocycles. The Morgan fingerprint density at radius 2 is 2.00 bits per heavy atom. The van der Waals surface area contributed by atoms with Crippen LogP contribution in [-0.4, -0.2) is 16.5 Å². The average molecular weight is 259 g/mol. The van der Waals surface area contributed by atoms with Gasteiger partial charge in [0.2, 0.25) is 0 Å². The number of aliphatic hydroxyl groups is 1. The third kappa shape index (κ3) is 3.27. The second-order valence-electron chi connectivity index (χ2n) is 4.07. The predicted octanol–water partition coefficient (Wildman–Crippen LogP) is 3.14. The van der Waals surface area contributed by atoms with Crippen LogP contribution in [0.2, 0.25) is 5.02 Å². The largest absolute Gasteiger partial charge is 0.382 e. The molecule has 17 heavy (non-hydrogen) atoms. The fraction of sp³-hybridized carbons (Fsp3) is 0.462. The number of hydrogen-bond acceptors (Lipinski definition) is 2. The van der Waals surface area contributed by atoms with Gasteiger partial charge in [0.25, 0.3) is 0 Å².